The van der Waals surface area contributed by atoms with Crippen molar-refractivity contribution in [3.8, 4) is 5.75 Å². The second-order valence-electron chi connectivity index (χ2n) is 5.06. The van der Waals surface area contributed by atoms with Crippen molar-refractivity contribution in [3.63, 3.8) is 0 Å². The highest BCUT2D eigenvalue weighted by molar-refractivity contribution is 7.11. The Morgan fingerprint density at radius 2 is 2.24 bits per heavy atom. The normalized spacial score (nSPS) is 11.6. The Balaban J connectivity index is 2.14. The van der Waals surface area contributed by atoms with E-state index in [4.69, 9.17) is 10.5 Å². The van der Waals surface area contributed by atoms with Crippen molar-refractivity contribution in [2.45, 2.75) is 20.0 Å². The Kier molecular flexibility index (Phi) is 6.40. The van der Waals surface area contributed by atoms with Crippen LogP contribution in [0.1, 0.15) is 15.4 Å². The van der Waals surface area contributed by atoms with Gasteiger partial charge in [0.1, 0.15) is 18.1 Å². The number of carbonyl (C=O) groups excluding carboxylic acids is 1. The van der Waals surface area contributed by atoms with E-state index < -0.39 is 18.9 Å². The molecular weight excluding hydrogens is 350 g/mol. The molecule has 1 aromatic heterocycles. The summed E-state index contributed by atoms with van der Waals surface area (Å²) in [6, 6.07) is 4.80. The van der Waals surface area contributed by atoms with Crippen LogP contribution in [-0.2, 0) is 11.4 Å². The zero-order chi connectivity index (χ0) is 18.4. The molecule has 134 valence electrons. The maximum absolute atomic E-state index is 12.3. The lowest BCUT2D eigenvalue weighted by Gasteiger charge is -2.12. The number of hydrogen-bond donors (Lipinski definition) is 2. The van der Waals surface area contributed by atoms with Crippen LogP contribution in [0.25, 0.3) is 0 Å². The number of halogens is 2. The van der Waals surface area contributed by atoms with E-state index in [0.717, 1.165) is 9.88 Å². The molecule has 0 saturated carbocycles. The first kappa shape index (κ1) is 18.8. The summed E-state index contributed by atoms with van der Waals surface area (Å²) in [7, 11) is 1.39. The van der Waals surface area contributed by atoms with Crippen LogP contribution in [0.5, 0.6) is 5.75 Å². The third-order valence-electron chi connectivity index (χ3n) is 3.19. The number of nitrogen functional groups attached to an aromatic ring is 1. The predicted octanol–water partition coefficient (Wildman–Crippen LogP) is 2.41. The second-order valence-corrected chi connectivity index (χ2v) is 6.38. The van der Waals surface area contributed by atoms with Crippen LogP contribution in [0, 0.1) is 6.92 Å². The van der Waals surface area contributed by atoms with Crippen molar-refractivity contribution in [1.29, 1.82) is 0 Å². The Labute approximate surface area is 147 Å². The monoisotopic (exact) mass is 368 g/mol. The van der Waals surface area contributed by atoms with Crippen molar-refractivity contribution < 1.29 is 18.3 Å². The highest BCUT2D eigenvalue weighted by Crippen LogP contribution is 2.23. The number of ether oxygens (including phenoxy) is 1. The minimum atomic E-state index is -2.64. The van der Waals surface area contributed by atoms with E-state index in [1.165, 1.54) is 18.4 Å². The molecule has 0 atom stereocenters. The second kappa shape index (κ2) is 8.52. The highest BCUT2D eigenvalue weighted by atomic mass is 32.1. The van der Waals surface area contributed by atoms with Crippen LogP contribution in [0.2, 0.25) is 0 Å². The maximum atomic E-state index is 12.3. The summed E-state index contributed by atoms with van der Waals surface area (Å²) in [6.07, 6.45) is -0.911. The van der Waals surface area contributed by atoms with Gasteiger partial charge >= 0.3 is 0 Å². The van der Waals surface area contributed by atoms with Crippen LogP contribution >= 0.6 is 11.3 Å². The van der Waals surface area contributed by atoms with Crippen molar-refractivity contribution in [2.24, 2.45) is 4.99 Å². The Morgan fingerprint density at radius 1 is 1.48 bits per heavy atom. The van der Waals surface area contributed by atoms with Gasteiger partial charge in [-0.25, -0.2) is 13.8 Å². The number of carbonyl (C=O) groups is 1. The van der Waals surface area contributed by atoms with Crippen molar-refractivity contribution in [3.05, 3.63) is 39.8 Å². The lowest BCUT2D eigenvalue weighted by atomic mass is 10.1. The molecule has 0 aliphatic rings. The van der Waals surface area contributed by atoms with E-state index in [0.29, 0.717) is 23.6 Å². The fourth-order valence-corrected chi connectivity index (χ4v) is 2.76. The zero-order valence-corrected chi connectivity index (χ0v) is 14.6. The number of benzene rings is 1. The molecule has 2 rings (SSSR count). The molecule has 0 saturated heterocycles. The minimum Gasteiger partial charge on any atom is -0.488 e. The van der Waals surface area contributed by atoms with Gasteiger partial charge in [-0.1, -0.05) is 0 Å². The van der Waals surface area contributed by atoms with Gasteiger partial charge in [-0.3, -0.25) is 9.79 Å². The number of nitrogens with two attached hydrogens (primary N) is 1. The molecule has 0 aliphatic heterocycles. The molecule has 6 nitrogen and oxygen atoms in total. The summed E-state index contributed by atoms with van der Waals surface area (Å²) < 4.78 is 30.2. The van der Waals surface area contributed by atoms with E-state index >= 15 is 0 Å². The first-order valence-electron chi connectivity index (χ1n) is 7.37. The molecule has 2 aromatic rings. The fraction of sp³-hybridized carbons (Fsp3) is 0.312. The quantitative estimate of drug-likeness (QED) is 0.580. The highest BCUT2D eigenvalue weighted by Gasteiger charge is 2.18. The van der Waals surface area contributed by atoms with Gasteiger partial charge in [-0.15, -0.1) is 11.3 Å². The van der Waals surface area contributed by atoms with E-state index in [2.05, 4.69) is 15.3 Å². The first-order valence-corrected chi connectivity index (χ1v) is 8.19. The number of aryl methyl sites for hydroxylation is 1. The van der Waals surface area contributed by atoms with E-state index in [1.807, 2.05) is 6.92 Å². The van der Waals surface area contributed by atoms with Gasteiger partial charge in [0.2, 0.25) is 0 Å². The number of nitrogens with one attached hydrogen (secondary N) is 1. The SMILES string of the molecule is CN=C(C(=O)NCC(F)F)c1cc(OCc2cnc(C)s2)ccc1N. The summed E-state index contributed by atoms with van der Waals surface area (Å²) in [4.78, 5) is 21.0. The number of rotatable bonds is 7. The molecule has 1 amide bonds. The van der Waals surface area contributed by atoms with Crippen molar-refractivity contribution in [1.82, 2.24) is 10.3 Å². The van der Waals surface area contributed by atoms with Gasteiger partial charge in [0.25, 0.3) is 12.3 Å². The Morgan fingerprint density at radius 3 is 2.84 bits per heavy atom. The third kappa shape index (κ3) is 5.21. The first-order chi connectivity index (χ1) is 11.9. The molecule has 25 heavy (non-hydrogen) atoms. The fourth-order valence-electron chi connectivity index (χ4n) is 2.05. The third-order valence-corrected chi connectivity index (χ3v) is 4.07. The Bertz CT molecular complexity index is 777. The summed E-state index contributed by atoms with van der Waals surface area (Å²) in [5, 5.41) is 3.05. The van der Waals surface area contributed by atoms with Gasteiger partial charge in [0.05, 0.1) is 16.4 Å². The largest absolute Gasteiger partial charge is 0.488 e. The number of thiazole rings is 1. The number of aliphatic imine (C=N–C) groups is 1. The number of hydrogen-bond acceptors (Lipinski definition) is 6. The van der Waals surface area contributed by atoms with Gasteiger partial charge in [-0.05, 0) is 25.1 Å². The summed E-state index contributed by atoms with van der Waals surface area (Å²) in [5.41, 5.74) is 6.49. The summed E-state index contributed by atoms with van der Waals surface area (Å²) in [5.74, 6) is -0.234. The number of alkyl halides is 2. The lowest BCUT2D eigenvalue weighted by molar-refractivity contribution is -0.115. The zero-order valence-electron chi connectivity index (χ0n) is 13.8. The molecule has 0 spiro atoms. The average Bonchev–Trinajstić information content (AvgIpc) is 2.99. The van der Waals surface area contributed by atoms with E-state index in [9.17, 15) is 13.6 Å². The molecule has 1 heterocycles. The number of nitrogens with zero attached hydrogens (tertiary/aromatic N) is 2. The van der Waals surface area contributed by atoms with Crippen molar-refractivity contribution >= 4 is 28.6 Å². The molecule has 0 fully saturated rings. The standard InChI is InChI=1S/C16H18F2N4O2S/c1-9-21-6-11(25-9)8-24-10-3-4-13(19)12(5-10)15(20-2)16(23)22-7-14(17)18/h3-6,14H,7-8,19H2,1-2H3,(H,22,23). The van der Waals surface area contributed by atoms with E-state index in [1.54, 1.807) is 24.4 Å². The molecule has 9 heteroatoms. The molecule has 0 aliphatic carbocycles. The molecule has 1 aromatic carbocycles. The molecule has 3 N–H and O–H groups in total. The van der Waals surface area contributed by atoms with Gasteiger partial charge in [0, 0.05) is 24.5 Å². The van der Waals surface area contributed by atoms with Gasteiger partial charge < -0.3 is 15.8 Å². The van der Waals surface area contributed by atoms with Crippen LogP contribution in [0.3, 0.4) is 0 Å². The van der Waals surface area contributed by atoms with Gasteiger partial charge in [-0.2, -0.15) is 0 Å². The maximum Gasteiger partial charge on any atom is 0.270 e. The van der Waals surface area contributed by atoms with E-state index in [-0.39, 0.29) is 5.71 Å². The molecule has 0 radical (unpaired) electrons. The van der Waals surface area contributed by atoms with Crippen LogP contribution in [0.15, 0.2) is 29.4 Å². The van der Waals surface area contributed by atoms with Crippen LogP contribution < -0.4 is 15.8 Å². The lowest BCUT2D eigenvalue weighted by Crippen LogP contribution is -2.35. The minimum absolute atomic E-state index is 0.0303. The van der Waals surface area contributed by atoms with Crippen molar-refractivity contribution in [2.75, 3.05) is 19.3 Å². The topological polar surface area (TPSA) is 89.6 Å². The number of amides is 1. The summed E-state index contributed by atoms with van der Waals surface area (Å²) >= 11 is 1.52. The summed E-state index contributed by atoms with van der Waals surface area (Å²) in [6.45, 7) is 1.47. The number of aromatic nitrogens is 1. The predicted molar refractivity (Wildman–Crippen MR) is 93.5 cm³/mol. The molecule has 0 unspecified atom stereocenters. The average molecular weight is 368 g/mol. The van der Waals surface area contributed by atoms with Gasteiger partial charge in [0.15, 0.2) is 0 Å². The van der Waals surface area contributed by atoms with Crippen LogP contribution in [0.4, 0.5) is 14.5 Å². The number of anilines is 1. The Hall–Kier alpha value is -2.55. The molecular formula is C16H18F2N4O2S. The van der Waals surface area contributed by atoms with Crippen LogP contribution in [-0.4, -0.2) is 36.6 Å². The smallest absolute Gasteiger partial charge is 0.270 e. The molecule has 0 bridgehead atoms.